The highest BCUT2D eigenvalue weighted by Crippen LogP contribution is 2.43. The van der Waals surface area contributed by atoms with Crippen LogP contribution in [0.4, 0.5) is 13.2 Å². The molecular weight excluding hydrogens is 244 g/mol. The molecule has 1 saturated carbocycles. The van der Waals surface area contributed by atoms with Crippen LogP contribution in [0.3, 0.4) is 0 Å². The molecular formula is C9H15F3O3P-. The van der Waals surface area contributed by atoms with Gasteiger partial charge in [0.15, 0.2) is 0 Å². The normalized spacial score (nSPS) is 23.0. The summed E-state index contributed by atoms with van der Waals surface area (Å²) >= 11 is 0. The van der Waals surface area contributed by atoms with Gasteiger partial charge in [0.05, 0.1) is 6.61 Å². The van der Waals surface area contributed by atoms with E-state index in [-0.39, 0.29) is 12.5 Å². The number of hydrogen-bond donors (Lipinski definition) is 0. The van der Waals surface area contributed by atoms with Gasteiger partial charge >= 0.3 is 6.18 Å². The Morgan fingerprint density at radius 1 is 1.25 bits per heavy atom. The SMILES string of the molecule is O=P([O-])(CC(F)(F)F)OCC1CCCCC1. The molecule has 0 radical (unpaired) electrons. The molecule has 0 N–H and O–H groups in total. The van der Waals surface area contributed by atoms with E-state index in [2.05, 4.69) is 4.52 Å². The van der Waals surface area contributed by atoms with Crippen molar-refractivity contribution < 1.29 is 27.2 Å². The average Bonchev–Trinajstić information content (AvgIpc) is 2.13. The van der Waals surface area contributed by atoms with Gasteiger partial charge in [-0.2, -0.15) is 13.2 Å². The van der Waals surface area contributed by atoms with Gasteiger partial charge in [0.25, 0.3) is 0 Å². The van der Waals surface area contributed by atoms with Crippen LogP contribution in [0.25, 0.3) is 0 Å². The third-order valence-electron chi connectivity index (χ3n) is 2.60. The summed E-state index contributed by atoms with van der Waals surface area (Å²) in [6.45, 7) is -0.100. The molecule has 0 amide bonds. The Kier molecular flexibility index (Phi) is 4.83. The van der Waals surface area contributed by atoms with E-state index in [0.29, 0.717) is 0 Å². The van der Waals surface area contributed by atoms with E-state index < -0.39 is 19.9 Å². The Morgan fingerprint density at radius 3 is 2.31 bits per heavy atom. The maximum Gasteiger partial charge on any atom is 0.396 e. The maximum atomic E-state index is 11.9. The first-order valence-corrected chi connectivity index (χ1v) is 7.03. The second kappa shape index (κ2) is 5.52. The van der Waals surface area contributed by atoms with E-state index in [4.69, 9.17) is 0 Å². The first-order valence-electron chi connectivity index (χ1n) is 5.30. The largest absolute Gasteiger partial charge is 0.778 e. The van der Waals surface area contributed by atoms with Crippen LogP contribution in [0, 0.1) is 5.92 Å². The van der Waals surface area contributed by atoms with Gasteiger partial charge in [0.1, 0.15) is 13.8 Å². The third kappa shape index (κ3) is 5.87. The van der Waals surface area contributed by atoms with Crippen molar-refractivity contribution in [1.82, 2.24) is 0 Å². The Morgan fingerprint density at radius 2 is 1.81 bits per heavy atom. The minimum absolute atomic E-state index is 0.0873. The Labute approximate surface area is 92.5 Å². The third-order valence-corrected chi connectivity index (χ3v) is 3.89. The number of hydrogen-bond acceptors (Lipinski definition) is 3. The lowest BCUT2D eigenvalue weighted by atomic mass is 9.90. The first kappa shape index (κ1) is 14.0. The molecule has 0 heterocycles. The monoisotopic (exact) mass is 259 g/mol. The van der Waals surface area contributed by atoms with E-state index in [0.717, 1.165) is 32.1 Å². The summed E-state index contributed by atoms with van der Waals surface area (Å²) in [7, 11) is -4.76. The van der Waals surface area contributed by atoms with Crippen molar-refractivity contribution in [2.75, 3.05) is 12.8 Å². The zero-order chi connectivity index (χ0) is 12.2. The Hall–Kier alpha value is -0.0600. The number of rotatable bonds is 4. The fourth-order valence-corrected chi connectivity index (χ4v) is 2.81. The molecule has 0 saturated heterocycles. The summed E-state index contributed by atoms with van der Waals surface area (Å²) < 4.78 is 51.0. The summed E-state index contributed by atoms with van der Waals surface area (Å²) in [4.78, 5) is 11.0. The van der Waals surface area contributed by atoms with Crippen LogP contribution in [0.2, 0.25) is 0 Å². The van der Waals surface area contributed by atoms with Crippen LogP contribution in [0.15, 0.2) is 0 Å². The molecule has 0 aromatic heterocycles. The zero-order valence-electron chi connectivity index (χ0n) is 8.83. The van der Waals surface area contributed by atoms with Crippen LogP contribution in [-0.4, -0.2) is 18.9 Å². The van der Waals surface area contributed by atoms with E-state index in [1.807, 2.05) is 0 Å². The van der Waals surface area contributed by atoms with Crippen molar-refractivity contribution in [3.8, 4) is 0 Å². The predicted molar refractivity (Wildman–Crippen MR) is 51.1 cm³/mol. The van der Waals surface area contributed by atoms with Crippen molar-refractivity contribution in [2.45, 2.75) is 38.3 Å². The zero-order valence-corrected chi connectivity index (χ0v) is 9.73. The topological polar surface area (TPSA) is 49.4 Å². The Balaban J connectivity index is 2.32. The molecule has 1 rings (SSSR count). The van der Waals surface area contributed by atoms with Gasteiger partial charge < -0.3 is 14.0 Å². The molecule has 0 aromatic rings. The Bertz CT molecular complexity index is 261. The summed E-state index contributed by atoms with van der Waals surface area (Å²) in [6.07, 6.45) is -1.81. The quantitative estimate of drug-likeness (QED) is 0.729. The van der Waals surface area contributed by atoms with Crippen LogP contribution < -0.4 is 4.89 Å². The number of halogens is 3. The summed E-state index contributed by atoms with van der Waals surface area (Å²) in [5.41, 5.74) is 0. The molecule has 7 heteroatoms. The molecule has 3 nitrogen and oxygen atoms in total. The molecule has 1 aliphatic rings. The van der Waals surface area contributed by atoms with Crippen molar-refractivity contribution in [3.63, 3.8) is 0 Å². The molecule has 0 spiro atoms. The van der Waals surface area contributed by atoms with Gasteiger partial charge in [-0.3, -0.25) is 0 Å². The van der Waals surface area contributed by atoms with E-state index >= 15 is 0 Å². The fraction of sp³-hybridized carbons (Fsp3) is 1.00. The number of alkyl halides is 3. The highest BCUT2D eigenvalue weighted by atomic mass is 31.2. The average molecular weight is 259 g/mol. The molecule has 1 unspecified atom stereocenters. The van der Waals surface area contributed by atoms with Crippen molar-refractivity contribution >= 4 is 7.60 Å². The van der Waals surface area contributed by atoms with Crippen LogP contribution in [-0.2, 0) is 9.09 Å². The minimum Gasteiger partial charge on any atom is -0.778 e. The molecule has 0 bridgehead atoms. The predicted octanol–water partition coefficient (Wildman–Crippen LogP) is 2.70. The summed E-state index contributed by atoms with van der Waals surface area (Å²) in [5, 5.41) is 0. The van der Waals surface area contributed by atoms with Gasteiger partial charge in [0, 0.05) is 0 Å². The molecule has 1 atom stereocenters. The van der Waals surface area contributed by atoms with Crippen molar-refractivity contribution in [2.24, 2.45) is 5.92 Å². The van der Waals surface area contributed by atoms with Gasteiger partial charge in [-0.25, -0.2) is 0 Å². The molecule has 0 aromatic carbocycles. The van der Waals surface area contributed by atoms with Crippen LogP contribution in [0.5, 0.6) is 0 Å². The summed E-state index contributed by atoms with van der Waals surface area (Å²) in [6, 6.07) is 0. The van der Waals surface area contributed by atoms with Gasteiger partial charge in [-0.1, -0.05) is 19.3 Å². The lowest BCUT2D eigenvalue weighted by Gasteiger charge is -2.28. The van der Waals surface area contributed by atoms with E-state index in [1.54, 1.807) is 0 Å². The lowest BCUT2D eigenvalue weighted by Crippen LogP contribution is -2.23. The highest BCUT2D eigenvalue weighted by molar-refractivity contribution is 7.51. The van der Waals surface area contributed by atoms with Gasteiger partial charge in [-0.15, -0.1) is 0 Å². The maximum absolute atomic E-state index is 11.9. The van der Waals surface area contributed by atoms with Crippen molar-refractivity contribution in [3.05, 3.63) is 0 Å². The van der Waals surface area contributed by atoms with E-state index in [9.17, 15) is 22.6 Å². The van der Waals surface area contributed by atoms with Crippen LogP contribution in [0.1, 0.15) is 32.1 Å². The van der Waals surface area contributed by atoms with Gasteiger partial charge in [0.2, 0.25) is 0 Å². The second-order valence-electron chi connectivity index (χ2n) is 4.18. The first-order chi connectivity index (χ1) is 7.29. The smallest absolute Gasteiger partial charge is 0.396 e. The second-order valence-corrected chi connectivity index (χ2v) is 5.98. The molecule has 96 valence electrons. The summed E-state index contributed by atoms with van der Waals surface area (Å²) in [5.74, 6) is 0.0873. The van der Waals surface area contributed by atoms with Crippen molar-refractivity contribution in [1.29, 1.82) is 0 Å². The molecule has 0 aliphatic heterocycles. The van der Waals surface area contributed by atoms with Gasteiger partial charge in [-0.05, 0) is 18.8 Å². The highest BCUT2D eigenvalue weighted by Gasteiger charge is 2.34. The van der Waals surface area contributed by atoms with Crippen LogP contribution >= 0.6 is 7.60 Å². The molecule has 16 heavy (non-hydrogen) atoms. The lowest BCUT2D eigenvalue weighted by molar-refractivity contribution is -0.209. The molecule has 1 fully saturated rings. The standard InChI is InChI=1S/C9H16F3O3P/c10-9(11,12)7-16(13,14)15-6-8-4-2-1-3-5-8/h8H,1-7H2,(H,13,14)/p-1. The minimum atomic E-state index is -4.76. The fourth-order valence-electron chi connectivity index (χ4n) is 1.84. The van der Waals surface area contributed by atoms with E-state index in [1.165, 1.54) is 0 Å². The molecule has 1 aliphatic carbocycles.